The molecule has 0 saturated carbocycles. The molecule has 1 aromatic rings. The minimum Gasteiger partial charge on any atom is -0.512 e. The van der Waals surface area contributed by atoms with Gasteiger partial charge in [0.05, 0.1) is 24.7 Å². The van der Waals surface area contributed by atoms with Gasteiger partial charge in [-0.05, 0) is 35.6 Å². The third-order valence-electron chi connectivity index (χ3n) is 5.58. The smallest absolute Gasteiger partial charge is 0.181 e. The summed E-state index contributed by atoms with van der Waals surface area (Å²) in [4.78, 5) is 0. The summed E-state index contributed by atoms with van der Waals surface area (Å²) in [6.45, 7) is 1.70. The minimum atomic E-state index is -0.413. The van der Waals surface area contributed by atoms with Crippen LogP contribution in [0.1, 0.15) is 31.2 Å². The van der Waals surface area contributed by atoms with Crippen LogP contribution in [0.3, 0.4) is 0 Å². The third-order valence-corrected chi connectivity index (χ3v) is 5.58. The van der Waals surface area contributed by atoms with Crippen molar-refractivity contribution in [1.29, 1.82) is 0 Å². The highest BCUT2D eigenvalue weighted by molar-refractivity contribution is 5.55. The molecule has 1 N–H and O–H groups in total. The van der Waals surface area contributed by atoms with Gasteiger partial charge in [0.1, 0.15) is 12.4 Å². The van der Waals surface area contributed by atoms with Crippen LogP contribution in [0.25, 0.3) is 0 Å². The first-order chi connectivity index (χ1) is 12.7. The quantitative estimate of drug-likeness (QED) is 0.874. The molecule has 4 aliphatic rings. The lowest BCUT2D eigenvalue weighted by Crippen LogP contribution is -2.55. The summed E-state index contributed by atoms with van der Waals surface area (Å²) < 4.78 is 17.9. The van der Waals surface area contributed by atoms with Gasteiger partial charge in [-0.2, -0.15) is 0 Å². The summed E-state index contributed by atoms with van der Waals surface area (Å²) in [6, 6.07) is 10.2. The second-order valence-corrected chi connectivity index (χ2v) is 7.34. The van der Waals surface area contributed by atoms with Crippen molar-refractivity contribution in [3.05, 3.63) is 82.0 Å². The molecule has 0 aromatic heterocycles. The van der Waals surface area contributed by atoms with Gasteiger partial charge >= 0.3 is 0 Å². The lowest BCUT2D eigenvalue weighted by molar-refractivity contribution is -0.166. The molecule has 2 aliphatic heterocycles. The van der Waals surface area contributed by atoms with Gasteiger partial charge in [0.15, 0.2) is 5.60 Å². The molecule has 0 amide bonds. The Hall–Kier alpha value is -2.46. The van der Waals surface area contributed by atoms with Gasteiger partial charge in [0.25, 0.3) is 0 Å². The SMILES string of the molecule is OC1=CC2=C(CC1)C1=C(C=C(OCc3ccccc3)CC1)C1(COC1)O2. The van der Waals surface area contributed by atoms with E-state index in [-0.39, 0.29) is 0 Å². The van der Waals surface area contributed by atoms with Gasteiger partial charge in [-0.1, -0.05) is 30.3 Å². The second kappa shape index (κ2) is 6.06. The third kappa shape index (κ3) is 2.56. The van der Waals surface area contributed by atoms with Crippen LogP contribution in [-0.2, 0) is 20.8 Å². The second-order valence-electron chi connectivity index (χ2n) is 7.34. The zero-order valence-electron chi connectivity index (χ0n) is 14.7. The summed E-state index contributed by atoms with van der Waals surface area (Å²) in [5.41, 5.74) is 4.59. The van der Waals surface area contributed by atoms with Crippen molar-refractivity contribution in [1.82, 2.24) is 0 Å². The van der Waals surface area contributed by atoms with Crippen molar-refractivity contribution in [2.45, 2.75) is 37.9 Å². The first kappa shape index (κ1) is 15.8. The van der Waals surface area contributed by atoms with Crippen LogP contribution in [0.4, 0.5) is 0 Å². The van der Waals surface area contributed by atoms with E-state index in [1.807, 2.05) is 18.2 Å². The van der Waals surface area contributed by atoms with Crippen molar-refractivity contribution < 1.29 is 19.3 Å². The summed E-state index contributed by atoms with van der Waals surface area (Å²) >= 11 is 0. The molecule has 1 spiro atoms. The van der Waals surface area contributed by atoms with Gasteiger partial charge < -0.3 is 19.3 Å². The molecule has 1 fully saturated rings. The summed E-state index contributed by atoms with van der Waals surface area (Å²) in [5, 5.41) is 9.89. The summed E-state index contributed by atoms with van der Waals surface area (Å²) in [7, 11) is 0. The molecule has 2 heterocycles. The van der Waals surface area contributed by atoms with Crippen LogP contribution >= 0.6 is 0 Å². The topological polar surface area (TPSA) is 47.9 Å². The Morgan fingerprint density at radius 2 is 1.77 bits per heavy atom. The van der Waals surface area contributed by atoms with Crippen LogP contribution in [0.15, 0.2) is 76.5 Å². The maximum absolute atomic E-state index is 9.89. The molecule has 4 nitrogen and oxygen atoms in total. The normalized spacial score (nSPS) is 23.4. The molecule has 26 heavy (non-hydrogen) atoms. The average Bonchev–Trinajstić information content (AvgIpc) is 2.64. The molecule has 2 aliphatic carbocycles. The number of hydrogen-bond donors (Lipinski definition) is 1. The van der Waals surface area contributed by atoms with Crippen molar-refractivity contribution >= 4 is 0 Å². The lowest BCUT2D eigenvalue weighted by Gasteiger charge is -2.48. The molecular weight excluding hydrogens is 328 g/mol. The first-order valence-corrected chi connectivity index (χ1v) is 9.24. The van der Waals surface area contributed by atoms with E-state index < -0.39 is 5.60 Å². The Balaban J connectivity index is 1.45. The fourth-order valence-corrected chi connectivity index (χ4v) is 4.13. The molecule has 0 unspecified atom stereocenters. The van der Waals surface area contributed by atoms with E-state index in [4.69, 9.17) is 14.2 Å². The Labute approximate surface area is 153 Å². The first-order valence-electron chi connectivity index (χ1n) is 9.24. The van der Waals surface area contributed by atoms with E-state index in [2.05, 4.69) is 18.2 Å². The number of rotatable bonds is 3. The standard InChI is InChI=1S/C22H22O4/c23-16-6-8-19-18-9-7-17(25-12-15-4-2-1-3-5-15)11-20(18)22(13-24-14-22)26-21(19)10-16/h1-5,10-11,23H,6-9,12-14H2. The van der Waals surface area contributed by atoms with E-state index in [0.717, 1.165) is 30.8 Å². The van der Waals surface area contributed by atoms with Gasteiger partial charge in [-0.15, -0.1) is 0 Å². The Bertz CT molecular complexity index is 853. The zero-order chi connectivity index (χ0) is 17.6. The number of aliphatic hydroxyl groups is 1. The molecule has 0 atom stereocenters. The van der Waals surface area contributed by atoms with Crippen molar-refractivity contribution in [3.8, 4) is 0 Å². The van der Waals surface area contributed by atoms with E-state index in [1.165, 1.54) is 22.3 Å². The summed E-state index contributed by atoms with van der Waals surface area (Å²) in [6.07, 6.45) is 7.33. The van der Waals surface area contributed by atoms with E-state index in [0.29, 0.717) is 32.0 Å². The minimum absolute atomic E-state index is 0.404. The Kier molecular flexibility index (Phi) is 3.68. The number of ether oxygens (including phenoxy) is 3. The van der Waals surface area contributed by atoms with Crippen molar-refractivity contribution in [2.24, 2.45) is 0 Å². The van der Waals surface area contributed by atoms with E-state index in [1.54, 1.807) is 6.08 Å². The van der Waals surface area contributed by atoms with Crippen LogP contribution < -0.4 is 0 Å². The zero-order valence-corrected chi connectivity index (χ0v) is 14.7. The highest BCUT2D eigenvalue weighted by Gasteiger charge is 2.50. The Morgan fingerprint density at radius 1 is 0.962 bits per heavy atom. The largest absolute Gasteiger partial charge is 0.512 e. The number of benzene rings is 1. The maximum Gasteiger partial charge on any atom is 0.181 e. The molecular formula is C22H22O4. The van der Waals surface area contributed by atoms with Gasteiger partial charge in [0.2, 0.25) is 0 Å². The fourth-order valence-electron chi connectivity index (χ4n) is 4.13. The highest BCUT2D eigenvalue weighted by Crippen LogP contribution is 2.49. The lowest BCUT2D eigenvalue weighted by atomic mass is 9.76. The highest BCUT2D eigenvalue weighted by atomic mass is 16.6. The molecule has 4 heteroatoms. The van der Waals surface area contributed by atoms with Gasteiger partial charge in [0, 0.05) is 24.5 Å². The van der Waals surface area contributed by atoms with Crippen LogP contribution in [0, 0.1) is 0 Å². The molecule has 0 radical (unpaired) electrons. The predicted octanol–water partition coefficient (Wildman–Crippen LogP) is 4.47. The number of allylic oxidation sites excluding steroid dienone is 5. The molecule has 5 rings (SSSR count). The number of hydrogen-bond acceptors (Lipinski definition) is 4. The molecule has 134 valence electrons. The van der Waals surface area contributed by atoms with Crippen LogP contribution in [0.5, 0.6) is 0 Å². The molecule has 1 saturated heterocycles. The molecule has 0 bridgehead atoms. The number of fused-ring (bicyclic) bond motifs is 2. The molecule has 1 aromatic carbocycles. The van der Waals surface area contributed by atoms with Crippen molar-refractivity contribution in [3.63, 3.8) is 0 Å². The summed E-state index contributed by atoms with van der Waals surface area (Å²) in [5.74, 6) is 2.25. The Morgan fingerprint density at radius 3 is 2.54 bits per heavy atom. The van der Waals surface area contributed by atoms with Crippen LogP contribution in [-0.4, -0.2) is 23.9 Å². The van der Waals surface area contributed by atoms with Crippen LogP contribution in [0.2, 0.25) is 0 Å². The fraction of sp³-hybridized carbons (Fsp3) is 0.364. The monoisotopic (exact) mass is 350 g/mol. The van der Waals surface area contributed by atoms with Crippen molar-refractivity contribution in [2.75, 3.05) is 13.2 Å². The van der Waals surface area contributed by atoms with Gasteiger partial charge in [-0.3, -0.25) is 0 Å². The average molecular weight is 350 g/mol. The van der Waals surface area contributed by atoms with E-state index in [9.17, 15) is 5.11 Å². The predicted molar refractivity (Wildman–Crippen MR) is 97.2 cm³/mol. The number of aliphatic hydroxyl groups excluding tert-OH is 1. The van der Waals surface area contributed by atoms with Gasteiger partial charge in [-0.25, -0.2) is 0 Å². The van der Waals surface area contributed by atoms with E-state index >= 15 is 0 Å². The maximum atomic E-state index is 9.89.